The van der Waals surface area contributed by atoms with Crippen molar-refractivity contribution in [2.45, 2.75) is 51.9 Å². The summed E-state index contributed by atoms with van der Waals surface area (Å²) in [6.45, 7) is 2.15. The van der Waals surface area contributed by atoms with Crippen LogP contribution in [0.5, 0.6) is 0 Å². The van der Waals surface area contributed by atoms with E-state index in [9.17, 15) is 4.79 Å². The first-order valence-corrected chi connectivity index (χ1v) is 5.48. The van der Waals surface area contributed by atoms with Gasteiger partial charge in [0.15, 0.2) is 0 Å². The predicted molar refractivity (Wildman–Crippen MR) is 52.6 cm³/mol. The zero-order valence-corrected chi connectivity index (χ0v) is 8.46. The fourth-order valence-electron chi connectivity index (χ4n) is 2.02. The molecule has 0 aromatic heterocycles. The fourth-order valence-corrected chi connectivity index (χ4v) is 2.02. The molecule has 0 saturated heterocycles. The zero-order chi connectivity index (χ0) is 9.68. The number of hydrogen-bond acceptors (Lipinski definition) is 1. The molecule has 1 saturated carbocycles. The molecule has 0 amide bonds. The Morgan fingerprint density at radius 1 is 1.46 bits per heavy atom. The molecule has 1 fully saturated rings. The quantitative estimate of drug-likeness (QED) is 0.644. The molecule has 1 rings (SSSR count). The molecular weight excluding hydrogens is 164 g/mol. The van der Waals surface area contributed by atoms with Crippen LogP contribution in [0.15, 0.2) is 0 Å². The van der Waals surface area contributed by atoms with Gasteiger partial charge in [0.1, 0.15) is 0 Å². The van der Waals surface area contributed by atoms with Crippen LogP contribution >= 0.6 is 0 Å². The van der Waals surface area contributed by atoms with Gasteiger partial charge < -0.3 is 5.11 Å². The van der Waals surface area contributed by atoms with Crippen LogP contribution in [0.1, 0.15) is 51.9 Å². The summed E-state index contributed by atoms with van der Waals surface area (Å²) in [6.07, 6.45) is 7.86. The van der Waals surface area contributed by atoms with E-state index in [2.05, 4.69) is 6.92 Å². The molecule has 0 unspecified atom stereocenters. The lowest BCUT2D eigenvalue weighted by Gasteiger charge is -2.31. The summed E-state index contributed by atoms with van der Waals surface area (Å²) in [6, 6.07) is 0. The molecule has 1 N–H and O–H groups in total. The van der Waals surface area contributed by atoms with E-state index >= 15 is 0 Å². The molecule has 13 heavy (non-hydrogen) atoms. The highest BCUT2D eigenvalue weighted by atomic mass is 16.4. The Morgan fingerprint density at radius 2 is 2.15 bits per heavy atom. The van der Waals surface area contributed by atoms with Crippen LogP contribution in [0.2, 0.25) is 0 Å². The molecule has 0 bridgehead atoms. The minimum atomic E-state index is -0.569. The van der Waals surface area contributed by atoms with Crippen molar-refractivity contribution in [2.75, 3.05) is 0 Å². The topological polar surface area (TPSA) is 37.3 Å². The van der Waals surface area contributed by atoms with E-state index in [4.69, 9.17) is 5.11 Å². The highest BCUT2D eigenvalue weighted by Gasteiger charge is 2.31. The van der Waals surface area contributed by atoms with E-state index in [-0.39, 0.29) is 5.92 Å². The number of rotatable bonds is 6. The minimum absolute atomic E-state index is 0.0414. The highest BCUT2D eigenvalue weighted by Crippen LogP contribution is 2.36. The molecule has 0 aliphatic heterocycles. The Hall–Kier alpha value is -0.530. The van der Waals surface area contributed by atoms with Gasteiger partial charge in [-0.1, -0.05) is 32.6 Å². The van der Waals surface area contributed by atoms with Gasteiger partial charge >= 0.3 is 5.97 Å². The first-order valence-electron chi connectivity index (χ1n) is 5.48. The molecule has 1 aliphatic carbocycles. The molecular formula is C11H20O2. The van der Waals surface area contributed by atoms with Crippen LogP contribution in [-0.4, -0.2) is 11.1 Å². The van der Waals surface area contributed by atoms with Crippen molar-refractivity contribution in [1.82, 2.24) is 0 Å². The van der Waals surface area contributed by atoms with E-state index < -0.39 is 5.97 Å². The third kappa shape index (κ3) is 3.02. The maximum Gasteiger partial charge on any atom is 0.306 e. The van der Waals surface area contributed by atoms with Crippen molar-refractivity contribution in [1.29, 1.82) is 0 Å². The normalized spacial score (nSPS) is 19.5. The Balaban J connectivity index is 2.25. The Morgan fingerprint density at radius 3 is 2.54 bits per heavy atom. The molecule has 1 aliphatic rings. The van der Waals surface area contributed by atoms with E-state index in [1.807, 2.05) is 0 Å². The molecule has 0 spiro atoms. The van der Waals surface area contributed by atoms with E-state index in [1.54, 1.807) is 0 Å². The van der Waals surface area contributed by atoms with Crippen molar-refractivity contribution in [3.63, 3.8) is 0 Å². The van der Waals surface area contributed by atoms with Gasteiger partial charge in [0.2, 0.25) is 0 Å². The molecule has 1 atom stereocenters. The average molecular weight is 184 g/mol. The predicted octanol–water partition coefficient (Wildman–Crippen LogP) is 3.07. The molecule has 2 nitrogen and oxygen atoms in total. The number of unbranched alkanes of at least 4 members (excludes halogenated alkanes) is 2. The molecule has 76 valence electrons. The SMILES string of the molecule is CCCCC[C@@H](C(=O)O)C1CCC1. The molecule has 2 heteroatoms. The number of carboxylic acid groups (broad SMARTS) is 1. The van der Waals surface area contributed by atoms with Crippen LogP contribution in [0, 0.1) is 11.8 Å². The Bertz CT molecular complexity index is 161. The molecule has 0 aromatic rings. The third-order valence-corrected chi connectivity index (χ3v) is 3.15. The second-order valence-corrected chi connectivity index (χ2v) is 4.13. The maximum atomic E-state index is 10.9. The van der Waals surface area contributed by atoms with Gasteiger partial charge in [-0.3, -0.25) is 4.79 Å². The second-order valence-electron chi connectivity index (χ2n) is 4.13. The van der Waals surface area contributed by atoms with E-state index in [1.165, 1.54) is 19.3 Å². The van der Waals surface area contributed by atoms with Gasteiger partial charge in [-0.05, 0) is 25.2 Å². The van der Waals surface area contributed by atoms with Crippen molar-refractivity contribution < 1.29 is 9.90 Å². The fraction of sp³-hybridized carbons (Fsp3) is 0.909. The Kier molecular flexibility index (Phi) is 4.26. The number of carbonyl (C=O) groups is 1. The standard InChI is InChI=1S/C11H20O2/c1-2-3-4-8-10(11(12)13)9-6-5-7-9/h9-10H,2-8H2,1H3,(H,12,13)/t10-/m1/s1. The molecule has 0 radical (unpaired) electrons. The summed E-state index contributed by atoms with van der Waals surface area (Å²) < 4.78 is 0. The van der Waals surface area contributed by atoms with Gasteiger partial charge in [-0.15, -0.1) is 0 Å². The third-order valence-electron chi connectivity index (χ3n) is 3.15. The summed E-state index contributed by atoms with van der Waals surface area (Å²) in [7, 11) is 0. The summed E-state index contributed by atoms with van der Waals surface area (Å²) in [5.41, 5.74) is 0. The summed E-state index contributed by atoms with van der Waals surface area (Å²) in [5.74, 6) is -0.115. The zero-order valence-electron chi connectivity index (χ0n) is 8.46. The minimum Gasteiger partial charge on any atom is -0.481 e. The van der Waals surface area contributed by atoms with Crippen LogP contribution in [0.4, 0.5) is 0 Å². The van der Waals surface area contributed by atoms with Crippen molar-refractivity contribution in [2.24, 2.45) is 11.8 Å². The largest absolute Gasteiger partial charge is 0.481 e. The summed E-state index contributed by atoms with van der Waals surface area (Å²) in [5, 5.41) is 9.01. The van der Waals surface area contributed by atoms with Crippen molar-refractivity contribution in [3.8, 4) is 0 Å². The summed E-state index contributed by atoms with van der Waals surface area (Å²) >= 11 is 0. The number of aliphatic carboxylic acids is 1. The van der Waals surface area contributed by atoms with Crippen molar-refractivity contribution >= 4 is 5.97 Å². The van der Waals surface area contributed by atoms with Crippen LogP contribution in [0.3, 0.4) is 0 Å². The second kappa shape index (κ2) is 5.25. The van der Waals surface area contributed by atoms with Gasteiger partial charge in [0.05, 0.1) is 5.92 Å². The average Bonchev–Trinajstić information content (AvgIpc) is 1.99. The smallest absolute Gasteiger partial charge is 0.306 e. The molecule has 0 aromatic carbocycles. The first-order chi connectivity index (χ1) is 6.25. The lowest BCUT2D eigenvalue weighted by atomic mass is 9.74. The lowest BCUT2D eigenvalue weighted by molar-refractivity contribution is -0.145. The van der Waals surface area contributed by atoms with Crippen LogP contribution < -0.4 is 0 Å². The molecule has 0 heterocycles. The highest BCUT2D eigenvalue weighted by molar-refractivity contribution is 5.70. The van der Waals surface area contributed by atoms with Crippen LogP contribution in [-0.2, 0) is 4.79 Å². The van der Waals surface area contributed by atoms with E-state index in [0.29, 0.717) is 5.92 Å². The van der Waals surface area contributed by atoms with Gasteiger partial charge in [-0.2, -0.15) is 0 Å². The monoisotopic (exact) mass is 184 g/mol. The van der Waals surface area contributed by atoms with Gasteiger partial charge in [0, 0.05) is 0 Å². The summed E-state index contributed by atoms with van der Waals surface area (Å²) in [4.78, 5) is 10.9. The lowest BCUT2D eigenvalue weighted by Crippen LogP contribution is -2.28. The van der Waals surface area contributed by atoms with Crippen LogP contribution in [0.25, 0.3) is 0 Å². The van der Waals surface area contributed by atoms with Gasteiger partial charge in [0.25, 0.3) is 0 Å². The van der Waals surface area contributed by atoms with Crippen molar-refractivity contribution in [3.05, 3.63) is 0 Å². The first kappa shape index (κ1) is 10.6. The number of hydrogen-bond donors (Lipinski definition) is 1. The van der Waals surface area contributed by atoms with E-state index in [0.717, 1.165) is 25.7 Å². The maximum absolute atomic E-state index is 10.9. The Labute approximate surface area is 80.3 Å². The number of carboxylic acids is 1. The van der Waals surface area contributed by atoms with Gasteiger partial charge in [-0.25, -0.2) is 0 Å².